The second-order valence-corrected chi connectivity index (χ2v) is 7.13. The average molecular weight is 427 g/mol. The fourth-order valence-corrected chi connectivity index (χ4v) is 3.53. The number of ether oxygens (including phenoxy) is 3. The molecule has 1 aliphatic carbocycles. The topological polar surface area (TPSA) is 122 Å². The van der Waals surface area contributed by atoms with Gasteiger partial charge in [-0.3, -0.25) is 19.7 Å². The zero-order valence-electron chi connectivity index (χ0n) is 16.8. The van der Waals surface area contributed by atoms with Gasteiger partial charge in [0.1, 0.15) is 12.7 Å². The minimum Gasteiger partial charge on any atom is -0.469 e. The average Bonchev–Trinajstić information content (AvgIpc) is 3.21. The summed E-state index contributed by atoms with van der Waals surface area (Å²) >= 11 is 0. The molecule has 1 aliphatic rings. The number of carbonyl (C=O) groups is 3. The molecule has 0 heterocycles. The zero-order valence-corrected chi connectivity index (χ0v) is 16.8. The van der Waals surface area contributed by atoms with Crippen molar-refractivity contribution in [1.82, 2.24) is 0 Å². The van der Waals surface area contributed by atoms with E-state index in [9.17, 15) is 24.5 Å². The summed E-state index contributed by atoms with van der Waals surface area (Å²) in [7, 11) is 1.23. The summed E-state index contributed by atoms with van der Waals surface area (Å²) in [4.78, 5) is 47.3. The van der Waals surface area contributed by atoms with Crippen molar-refractivity contribution >= 4 is 23.6 Å². The quantitative estimate of drug-likeness (QED) is 0.286. The maximum absolute atomic E-state index is 12.6. The van der Waals surface area contributed by atoms with Crippen LogP contribution in [0.1, 0.15) is 28.8 Å². The molecule has 0 N–H and O–H groups in total. The molecule has 1 unspecified atom stereocenters. The Morgan fingerprint density at radius 1 is 0.968 bits per heavy atom. The van der Waals surface area contributed by atoms with Crippen molar-refractivity contribution in [2.45, 2.75) is 25.6 Å². The van der Waals surface area contributed by atoms with Crippen LogP contribution in [0, 0.1) is 22.0 Å². The van der Waals surface area contributed by atoms with E-state index in [1.807, 2.05) is 30.3 Å². The van der Waals surface area contributed by atoms with Gasteiger partial charge < -0.3 is 14.2 Å². The second kappa shape index (κ2) is 9.84. The summed E-state index contributed by atoms with van der Waals surface area (Å²) < 4.78 is 15.6. The van der Waals surface area contributed by atoms with Crippen LogP contribution >= 0.6 is 0 Å². The number of rotatable bonds is 7. The Morgan fingerprint density at radius 3 is 2.16 bits per heavy atom. The molecule has 1 fully saturated rings. The molecule has 162 valence electrons. The smallest absolute Gasteiger partial charge is 0.338 e. The lowest BCUT2D eigenvalue weighted by Gasteiger charge is -2.15. The molecule has 3 rings (SSSR count). The van der Waals surface area contributed by atoms with Crippen LogP contribution < -0.4 is 0 Å². The van der Waals surface area contributed by atoms with E-state index in [1.54, 1.807) is 0 Å². The van der Waals surface area contributed by atoms with Crippen LogP contribution in [0.4, 0.5) is 5.69 Å². The first-order valence-electron chi connectivity index (χ1n) is 9.63. The first kappa shape index (κ1) is 21.9. The van der Waals surface area contributed by atoms with Crippen LogP contribution in [0.25, 0.3) is 0 Å². The van der Waals surface area contributed by atoms with Crippen molar-refractivity contribution in [1.29, 1.82) is 0 Å². The number of nitro groups is 1. The molecule has 9 heteroatoms. The van der Waals surface area contributed by atoms with Crippen molar-refractivity contribution in [3.8, 4) is 0 Å². The van der Waals surface area contributed by atoms with E-state index in [0.717, 1.165) is 5.56 Å². The fraction of sp³-hybridized carbons (Fsp3) is 0.318. The number of esters is 3. The van der Waals surface area contributed by atoms with E-state index in [2.05, 4.69) is 0 Å². The van der Waals surface area contributed by atoms with Crippen LogP contribution in [0.5, 0.6) is 0 Å². The van der Waals surface area contributed by atoms with E-state index in [4.69, 9.17) is 14.2 Å². The summed E-state index contributed by atoms with van der Waals surface area (Å²) in [5.41, 5.74) is 0.796. The predicted molar refractivity (Wildman–Crippen MR) is 107 cm³/mol. The molecule has 2 aromatic rings. The summed E-state index contributed by atoms with van der Waals surface area (Å²) in [6, 6.07) is 14.1. The molecule has 1 saturated carbocycles. The van der Waals surface area contributed by atoms with E-state index in [1.165, 1.54) is 31.4 Å². The van der Waals surface area contributed by atoms with E-state index in [0.29, 0.717) is 0 Å². The van der Waals surface area contributed by atoms with Gasteiger partial charge in [0.15, 0.2) is 0 Å². The number of non-ortho nitro benzene ring substituents is 1. The maximum Gasteiger partial charge on any atom is 0.338 e. The van der Waals surface area contributed by atoms with Gasteiger partial charge >= 0.3 is 17.9 Å². The van der Waals surface area contributed by atoms with Gasteiger partial charge in [-0.1, -0.05) is 30.3 Å². The molecule has 0 aliphatic heterocycles. The Balaban J connectivity index is 1.64. The van der Waals surface area contributed by atoms with Gasteiger partial charge in [0.25, 0.3) is 5.69 Å². The summed E-state index contributed by atoms with van der Waals surface area (Å²) in [5, 5.41) is 10.7. The summed E-state index contributed by atoms with van der Waals surface area (Å²) in [5.74, 6) is -3.42. The molecule has 31 heavy (non-hydrogen) atoms. The van der Waals surface area contributed by atoms with Gasteiger partial charge in [0.05, 0.1) is 29.4 Å². The molecule has 0 aromatic heterocycles. The fourth-order valence-electron chi connectivity index (χ4n) is 3.53. The lowest BCUT2D eigenvalue weighted by molar-refractivity contribution is -0.384. The molecule has 0 bridgehead atoms. The van der Waals surface area contributed by atoms with Crippen LogP contribution in [-0.2, 0) is 30.4 Å². The highest BCUT2D eigenvalue weighted by molar-refractivity contribution is 5.90. The monoisotopic (exact) mass is 427 g/mol. The molecule has 2 aromatic carbocycles. The summed E-state index contributed by atoms with van der Waals surface area (Å²) in [6.45, 7) is 0.0668. The molecule has 0 amide bonds. The first-order chi connectivity index (χ1) is 14.9. The second-order valence-electron chi connectivity index (χ2n) is 7.13. The molecule has 3 atom stereocenters. The highest BCUT2D eigenvalue weighted by atomic mass is 16.6. The van der Waals surface area contributed by atoms with Crippen molar-refractivity contribution in [3.63, 3.8) is 0 Å². The van der Waals surface area contributed by atoms with E-state index >= 15 is 0 Å². The highest BCUT2D eigenvalue weighted by Gasteiger charge is 2.46. The number of benzene rings is 2. The molecular formula is C22H21NO8. The minimum atomic E-state index is -0.800. The Morgan fingerprint density at radius 2 is 1.58 bits per heavy atom. The van der Waals surface area contributed by atoms with Crippen LogP contribution in [0.15, 0.2) is 54.6 Å². The van der Waals surface area contributed by atoms with Crippen molar-refractivity contribution in [3.05, 3.63) is 75.8 Å². The van der Waals surface area contributed by atoms with Crippen molar-refractivity contribution in [2.24, 2.45) is 11.8 Å². The maximum atomic E-state index is 12.6. The number of hydrogen-bond donors (Lipinski definition) is 0. The van der Waals surface area contributed by atoms with E-state index < -0.39 is 40.8 Å². The van der Waals surface area contributed by atoms with Gasteiger partial charge in [-0.2, -0.15) is 0 Å². The van der Waals surface area contributed by atoms with Gasteiger partial charge in [0, 0.05) is 12.1 Å². The van der Waals surface area contributed by atoms with Gasteiger partial charge in [-0.05, 0) is 30.5 Å². The minimum absolute atomic E-state index is 0.0668. The first-order valence-corrected chi connectivity index (χ1v) is 9.63. The van der Waals surface area contributed by atoms with Crippen LogP contribution in [-0.4, -0.2) is 36.0 Å². The lowest BCUT2D eigenvalue weighted by Crippen LogP contribution is -2.27. The van der Waals surface area contributed by atoms with Crippen LogP contribution in [0.3, 0.4) is 0 Å². The van der Waals surface area contributed by atoms with Crippen LogP contribution in [0.2, 0.25) is 0 Å². The molecule has 9 nitrogen and oxygen atoms in total. The Hall–Kier alpha value is -3.75. The van der Waals surface area contributed by atoms with Gasteiger partial charge in [-0.25, -0.2) is 4.79 Å². The Kier molecular flexibility index (Phi) is 6.96. The molecule has 0 saturated heterocycles. The third-order valence-corrected chi connectivity index (χ3v) is 5.14. The standard InChI is InChI=1S/C22H21NO8/c1-29-21(25)18-11-17(31-20(24)15-7-9-16(10-8-15)23(27)28)12-19(18)22(26)30-13-14-5-3-2-4-6-14/h2-10,17-19H,11-13H2,1H3/t17?,18-,19-/m1/s1. The zero-order chi connectivity index (χ0) is 22.4. The lowest BCUT2D eigenvalue weighted by atomic mass is 9.96. The molecular weight excluding hydrogens is 406 g/mol. The van der Waals surface area contributed by atoms with E-state index in [-0.39, 0.29) is 30.7 Å². The molecule has 0 radical (unpaired) electrons. The number of methoxy groups -OCH3 is 1. The number of nitro benzene ring substituents is 1. The van der Waals surface area contributed by atoms with Crippen molar-refractivity contribution in [2.75, 3.05) is 7.11 Å². The number of hydrogen-bond acceptors (Lipinski definition) is 8. The predicted octanol–water partition coefficient (Wildman–Crippen LogP) is 3.06. The SMILES string of the molecule is COC(=O)[C@@H]1CC(OC(=O)c2ccc([N+](=O)[O-])cc2)C[C@H]1C(=O)OCc1ccccc1. The third-order valence-electron chi connectivity index (χ3n) is 5.14. The number of carbonyl (C=O) groups excluding carboxylic acids is 3. The largest absolute Gasteiger partial charge is 0.469 e. The Labute approximate surface area is 178 Å². The normalized spacial score (nSPS) is 20.0. The highest BCUT2D eigenvalue weighted by Crippen LogP contribution is 2.36. The van der Waals surface area contributed by atoms with Crippen molar-refractivity contribution < 1.29 is 33.5 Å². The van der Waals surface area contributed by atoms with Gasteiger partial charge in [0.2, 0.25) is 0 Å². The summed E-state index contributed by atoms with van der Waals surface area (Å²) in [6.07, 6.45) is -0.455. The molecule has 0 spiro atoms. The Bertz CT molecular complexity index is 957. The van der Waals surface area contributed by atoms with Gasteiger partial charge in [-0.15, -0.1) is 0 Å². The number of nitrogens with zero attached hydrogens (tertiary/aromatic N) is 1. The third kappa shape index (κ3) is 5.44.